The highest BCUT2D eigenvalue weighted by Crippen LogP contribution is 2.12. The Kier molecular flexibility index (Phi) is 6.88. The van der Waals surface area contributed by atoms with Gasteiger partial charge < -0.3 is 10.3 Å². The van der Waals surface area contributed by atoms with Crippen LogP contribution in [0.4, 0.5) is 0 Å². The van der Waals surface area contributed by atoms with E-state index in [2.05, 4.69) is 40.7 Å². The predicted molar refractivity (Wildman–Crippen MR) is 75.3 cm³/mol. The number of imidazole rings is 1. The highest BCUT2D eigenvalue weighted by atomic mass is 35.5. The standard InChI is InChI=1S/C12H15N3.2ClH/c1-2-12-14-7-8-15(12)11-5-3-10(9-13)4-6-11;;/h3-8H,2,9,13H2,1H3;2*1H. The van der Waals surface area contributed by atoms with Gasteiger partial charge >= 0.3 is 0 Å². The van der Waals surface area contributed by atoms with Crippen molar-refractivity contribution in [2.45, 2.75) is 19.9 Å². The van der Waals surface area contributed by atoms with Crippen molar-refractivity contribution >= 4 is 24.8 Å². The van der Waals surface area contributed by atoms with Crippen molar-refractivity contribution in [3.05, 3.63) is 48.0 Å². The zero-order valence-electron chi connectivity index (χ0n) is 9.67. The first-order valence-corrected chi connectivity index (χ1v) is 5.16. The number of nitrogens with two attached hydrogens (primary N) is 1. The van der Waals surface area contributed by atoms with E-state index in [9.17, 15) is 0 Å². The second-order valence-electron chi connectivity index (χ2n) is 3.44. The molecule has 1 aromatic carbocycles. The lowest BCUT2D eigenvalue weighted by Crippen LogP contribution is -2.00. The van der Waals surface area contributed by atoms with Crippen LogP contribution in [0.15, 0.2) is 36.7 Å². The van der Waals surface area contributed by atoms with Crippen LogP contribution in [0.25, 0.3) is 5.69 Å². The van der Waals surface area contributed by atoms with Crippen LogP contribution in [-0.2, 0) is 13.0 Å². The summed E-state index contributed by atoms with van der Waals surface area (Å²) in [4.78, 5) is 4.29. The van der Waals surface area contributed by atoms with Crippen molar-refractivity contribution in [2.75, 3.05) is 0 Å². The summed E-state index contributed by atoms with van der Waals surface area (Å²) in [5.41, 5.74) is 7.85. The van der Waals surface area contributed by atoms with Crippen LogP contribution < -0.4 is 5.73 Å². The number of aryl methyl sites for hydroxylation is 1. The van der Waals surface area contributed by atoms with Gasteiger partial charge in [0.05, 0.1) is 0 Å². The summed E-state index contributed by atoms with van der Waals surface area (Å²) >= 11 is 0. The number of hydrogen-bond acceptors (Lipinski definition) is 2. The van der Waals surface area contributed by atoms with Gasteiger partial charge in [-0.1, -0.05) is 19.1 Å². The zero-order valence-corrected chi connectivity index (χ0v) is 11.3. The van der Waals surface area contributed by atoms with Gasteiger partial charge in [-0.3, -0.25) is 0 Å². The summed E-state index contributed by atoms with van der Waals surface area (Å²) in [6, 6.07) is 8.25. The molecule has 0 atom stereocenters. The van der Waals surface area contributed by atoms with Crippen LogP contribution in [0.5, 0.6) is 0 Å². The molecule has 0 fully saturated rings. The third-order valence-electron chi connectivity index (χ3n) is 2.48. The van der Waals surface area contributed by atoms with E-state index >= 15 is 0 Å². The van der Waals surface area contributed by atoms with Crippen molar-refractivity contribution in [3.63, 3.8) is 0 Å². The fourth-order valence-corrected chi connectivity index (χ4v) is 1.62. The topological polar surface area (TPSA) is 43.8 Å². The molecule has 0 aliphatic rings. The van der Waals surface area contributed by atoms with Crippen molar-refractivity contribution in [1.29, 1.82) is 0 Å². The minimum absolute atomic E-state index is 0. The van der Waals surface area contributed by atoms with Crippen LogP contribution in [0.2, 0.25) is 0 Å². The molecule has 1 heterocycles. The Morgan fingerprint density at radius 1 is 1.18 bits per heavy atom. The first kappa shape index (κ1) is 16.0. The molecule has 1 aromatic heterocycles. The van der Waals surface area contributed by atoms with Gasteiger partial charge in [0.15, 0.2) is 0 Å². The molecule has 0 saturated carbocycles. The van der Waals surface area contributed by atoms with Crippen LogP contribution in [0.1, 0.15) is 18.3 Å². The fourth-order valence-electron chi connectivity index (χ4n) is 1.62. The Morgan fingerprint density at radius 2 is 1.82 bits per heavy atom. The molecule has 0 aliphatic carbocycles. The lowest BCUT2D eigenvalue weighted by molar-refractivity contribution is 0.890. The van der Waals surface area contributed by atoms with Gasteiger partial charge in [0.2, 0.25) is 0 Å². The van der Waals surface area contributed by atoms with Crippen molar-refractivity contribution in [3.8, 4) is 5.69 Å². The van der Waals surface area contributed by atoms with Crippen LogP contribution in [-0.4, -0.2) is 9.55 Å². The molecular formula is C12H17Cl2N3. The predicted octanol–water partition coefficient (Wildman–Crippen LogP) is 2.74. The largest absolute Gasteiger partial charge is 0.326 e. The molecule has 0 saturated heterocycles. The highest BCUT2D eigenvalue weighted by molar-refractivity contribution is 5.85. The molecule has 0 aliphatic heterocycles. The molecule has 0 radical (unpaired) electrons. The quantitative estimate of drug-likeness (QED) is 0.935. The second-order valence-corrected chi connectivity index (χ2v) is 3.44. The molecule has 5 heteroatoms. The molecule has 0 bridgehead atoms. The molecule has 17 heavy (non-hydrogen) atoms. The summed E-state index contributed by atoms with van der Waals surface area (Å²) < 4.78 is 2.10. The van der Waals surface area contributed by atoms with Crippen molar-refractivity contribution in [2.24, 2.45) is 5.73 Å². The number of nitrogens with zero attached hydrogens (tertiary/aromatic N) is 2. The normalized spacial score (nSPS) is 9.29. The van der Waals surface area contributed by atoms with E-state index in [1.54, 1.807) is 0 Å². The number of aromatic nitrogens is 2. The van der Waals surface area contributed by atoms with E-state index in [1.807, 2.05) is 12.4 Å². The Morgan fingerprint density at radius 3 is 2.35 bits per heavy atom. The van der Waals surface area contributed by atoms with Crippen LogP contribution in [0.3, 0.4) is 0 Å². The van der Waals surface area contributed by atoms with E-state index in [4.69, 9.17) is 5.73 Å². The lowest BCUT2D eigenvalue weighted by atomic mass is 10.2. The molecule has 3 nitrogen and oxygen atoms in total. The Labute approximate surface area is 114 Å². The summed E-state index contributed by atoms with van der Waals surface area (Å²) in [6.07, 6.45) is 4.75. The highest BCUT2D eigenvalue weighted by Gasteiger charge is 2.01. The van der Waals surface area contributed by atoms with Gasteiger partial charge in [-0.25, -0.2) is 4.98 Å². The molecular weight excluding hydrogens is 257 g/mol. The third kappa shape index (κ3) is 3.46. The van der Waals surface area contributed by atoms with Crippen LogP contribution >= 0.6 is 24.8 Å². The fraction of sp³-hybridized carbons (Fsp3) is 0.250. The summed E-state index contributed by atoms with van der Waals surface area (Å²) in [6.45, 7) is 2.69. The average Bonchev–Trinajstić information content (AvgIpc) is 2.77. The molecule has 0 amide bonds. The minimum Gasteiger partial charge on any atom is -0.326 e. The van der Waals surface area contributed by atoms with Crippen molar-refractivity contribution in [1.82, 2.24) is 9.55 Å². The maximum Gasteiger partial charge on any atom is 0.112 e. The number of halogens is 2. The van der Waals surface area contributed by atoms with Gasteiger partial charge in [0.1, 0.15) is 5.82 Å². The Balaban J connectivity index is 0.00000128. The molecule has 2 aromatic rings. The average molecular weight is 274 g/mol. The number of hydrogen-bond donors (Lipinski definition) is 1. The van der Waals surface area contributed by atoms with Gasteiger partial charge in [0.25, 0.3) is 0 Å². The maximum atomic E-state index is 5.56. The van der Waals surface area contributed by atoms with Gasteiger partial charge in [-0.2, -0.15) is 0 Å². The maximum absolute atomic E-state index is 5.56. The first-order chi connectivity index (χ1) is 7.35. The SMILES string of the molecule is CCc1nccn1-c1ccc(CN)cc1.Cl.Cl. The lowest BCUT2D eigenvalue weighted by Gasteiger charge is -2.06. The summed E-state index contributed by atoms with van der Waals surface area (Å²) in [5.74, 6) is 1.08. The molecule has 0 spiro atoms. The summed E-state index contributed by atoms with van der Waals surface area (Å²) in [7, 11) is 0. The van der Waals surface area contributed by atoms with Crippen LogP contribution in [0, 0.1) is 0 Å². The van der Waals surface area contributed by atoms with Gasteiger partial charge in [-0.05, 0) is 17.7 Å². The van der Waals surface area contributed by atoms with Gasteiger partial charge in [-0.15, -0.1) is 24.8 Å². The van der Waals surface area contributed by atoms with Crippen molar-refractivity contribution < 1.29 is 0 Å². The molecule has 2 rings (SSSR count). The monoisotopic (exact) mass is 273 g/mol. The Bertz CT molecular complexity index is 437. The Hall–Kier alpha value is -1.03. The zero-order chi connectivity index (χ0) is 10.7. The smallest absolute Gasteiger partial charge is 0.112 e. The van der Waals surface area contributed by atoms with Gasteiger partial charge in [0, 0.05) is 31.0 Å². The second kappa shape index (κ2) is 7.33. The molecule has 2 N–H and O–H groups in total. The molecule has 94 valence electrons. The third-order valence-corrected chi connectivity index (χ3v) is 2.48. The summed E-state index contributed by atoms with van der Waals surface area (Å²) in [5, 5.41) is 0. The van der Waals surface area contributed by atoms with E-state index in [1.165, 1.54) is 0 Å². The van der Waals surface area contributed by atoms with E-state index in [0.29, 0.717) is 6.54 Å². The van der Waals surface area contributed by atoms with E-state index in [0.717, 1.165) is 23.5 Å². The molecule has 0 unspecified atom stereocenters. The number of rotatable bonds is 3. The van der Waals surface area contributed by atoms with E-state index < -0.39 is 0 Å². The van der Waals surface area contributed by atoms with E-state index in [-0.39, 0.29) is 24.8 Å². The minimum atomic E-state index is 0. The first-order valence-electron chi connectivity index (χ1n) is 5.16. The number of benzene rings is 1.